The molecular weight excluding hydrogens is 390 g/mol. The van der Waals surface area contributed by atoms with E-state index in [2.05, 4.69) is 11.2 Å². The van der Waals surface area contributed by atoms with E-state index in [0.717, 1.165) is 4.31 Å². The van der Waals surface area contributed by atoms with Gasteiger partial charge >= 0.3 is 6.03 Å². The summed E-state index contributed by atoms with van der Waals surface area (Å²) in [5, 5.41) is 13.1. The van der Waals surface area contributed by atoms with Gasteiger partial charge < -0.3 is 0 Å². The van der Waals surface area contributed by atoms with Crippen molar-refractivity contribution in [3.05, 3.63) is 77.5 Å². The van der Waals surface area contributed by atoms with Gasteiger partial charge in [0.15, 0.2) is 5.03 Å². The number of nitriles is 1. The van der Waals surface area contributed by atoms with Crippen LogP contribution in [0.1, 0.15) is 16.7 Å². The lowest BCUT2D eigenvalue weighted by molar-refractivity contribution is 0.225. The molecule has 0 atom stereocenters. The van der Waals surface area contributed by atoms with E-state index in [4.69, 9.17) is 5.26 Å². The normalized spacial score (nSPS) is 15.1. The summed E-state index contributed by atoms with van der Waals surface area (Å²) in [6.45, 7) is 0.0369. The van der Waals surface area contributed by atoms with Crippen molar-refractivity contribution in [3.63, 3.8) is 0 Å². The molecule has 0 spiro atoms. The smallest absolute Gasteiger partial charge is 0.285 e. The summed E-state index contributed by atoms with van der Waals surface area (Å²) >= 11 is 0. The first-order valence-corrected chi connectivity index (χ1v) is 10.2. The molecule has 9 heteroatoms. The number of hydrogen-bond acceptors (Lipinski definition) is 5. The molecule has 0 bridgehead atoms. The maximum atomic E-state index is 13.2. The number of carbonyl (C=O) groups is 1. The number of carbonyl (C=O) groups excluding carboxylic acids is 1. The zero-order valence-corrected chi connectivity index (χ0v) is 16.4. The maximum Gasteiger partial charge on any atom is 0.339 e. The number of anilines is 1. The van der Waals surface area contributed by atoms with Crippen LogP contribution in [0.5, 0.6) is 0 Å². The van der Waals surface area contributed by atoms with Crippen LogP contribution in [0.25, 0.3) is 0 Å². The van der Waals surface area contributed by atoms with Crippen molar-refractivity contribution in [2.24, 2.45) is 7.05 Å². The summed E-state index contributed by atoms with van der Waals surface area (Å²) in [6, 6.07) is 17.2. The molecule has 1 aromatic heterocycles. The fraction of sp³-hybridized carbons (Fsp3) is 0.150. The highest BCUT2D eigenvalue weighted by Crippen LogP contribution is 2.35. The molecule has 0 fully saturated rings. The van der Waals surface area contributed by atoms with Crippen LogP contribution in [-0.2, 0) is 30.2 Å². The van der Waals surface area contributed by atoms with Crippen molar-refractivity contribution in [3.8, 4) is 6.07 Å². The van der Waals surface area contributed by atoms with E-state index < -0.39 is 16.1 Å². The number of sulfonamides is 1. The summed E-state index contributed by atoms with van der Waals surface area (Å²) in [6.07, 6.45) is 1.37. The van der Waals surface area contributed by atoms with E-state index in [0.29, 0.717) is 16.7 Å². The second-order valence-electron chi connectivity index (χ2n) is 6.64. The molecular formula is C20H17N5O3S. The van der Waals surface area contributed by atoms with Gasteiger partial charge in [-0.15, -0.1) is 0 Å². The van der Waals surface area contributed by atoms with Crippen molar-refractivity contribution in [2.45, 2.75) is 18.1 Å². The number of hydrogen-bond donors (Lipinski definition) is 0. The molecule has 0 unspecified atom stereocenters. The molecule has 1 aliphatic heterocycles. The number of rotatable bonds is 4. The SMILES string of the molecule is Cn1ncc2c1S(=O)(=O)N(Cc1ccccc1)C(=O)N2Cc1cccc(C#N)c1. The van der Waals surface area contributed by atoms with Gasteiger partial charge in [-0.05, 0) is 23.3 Å². The van der Waals surface area contributed by atoms with Crippen molar-refractivity contribution in [1.82, 2.24) is 14.1 Å². The first-order valence-electron chi connectivity index (χ1n) is 8.81. The van der Waals surface area contributed by atoms with E-state index in [-0.39, 0.29) is 23.8 Å². The standard InChI is InChI=1S/C20H17N5O3S/c1-23-19-18(12-22-23)24(13-17-9-5-8-16(10-17)11-21)20(26)25(29(19,27)28)14-15-6-3-2-4-7-15/h2-10,12H,13-14H2,1H3. The number of fused-ring (bicyclic) bond motifs is 1. The minimum atomic E-state index is -4.07. The molecule has 8 nitrogen and oxygen atoms in total. The first kappa shape index (κ1) is 18.7. The van der Waals surface area contributed by atoms with Gasteiger partial charge in [-0.3, -0.25) is 9.58 Å². The van der Waals surface area contributed by atoms with Gasteiger partial charge in [0.25, 0.3) is 10.0 Å². The van der Waals surface area contributed by atoms with E-state index in [9.17, 15) is 13.2 Å². The number of urea groups is 1. The third kappa shape index (κ3) is 3.23. The average molecular weight is 407 g/mol. The van der Waals surface area contributed by atoms with Gasteiger partial charge in [0.2, 0.25) is 0 Å². The van der Waals surface area contributed by atoms with Gasteiger partial charge in [0.1, 0.15) is 5.69 Å². The van der Waals surface area contributed by atoms with Crippen molar-refractivity contribution in [1.29, 1.82) is 5.26 Å². The Bertz CT molecular complexity index is 1230. The summed E-state index contributed by atoms with van der Waals surface area (Å²) < 4.78 is 28.5. The Labute approximate surface area is 168 Å². The fourth-order valence-electron chi connectivity index (χ4n) is 3.32. The summed E-state index contributed by atoms with van der Waals surface area (Å²) in [5.41, 5.74) is 2.10. The molecule has 2 amide bonds. The van der Waals surface area contributed by atoms with Crippen LogP contribution in [0, 0.1) is 11.3 Å². The number of benzene rings is 2. The number of amides is 2. The molecule has 0 aliphatic carbocycles. The molecule has 1 aliphatic rings. The monoisotopic (exact) mass is 407 g/mol. The van der Waals surface area contributed by atoms with Crippen molar-refractivity contribution in [2.75, 3.05) is 4.90 Å². The predicted octanol–water partition coefficient (Wildman–Crippen LogP) is 2.62. The maximum absolute atomic E-state index is 13.2. The minimum absolute atomic E-state index is 0.0375. The zero-order valence-electron chi connectivity index (χ0n) is 15.6. The highest BCUT2D eigenvalue weighted by molar-refractivity contribution is 7.89. The third-order valence-electron chi connectivity index (χ3n) is 4.70. The number of aryl methyl sites for hydroxylation is 1. The lowest BCUT2D eigenvalue weighted by atomic mass is 10.1. The summed E-state index contributed by atoms with van der Waals surface area (Å²) in [4.78, 5) is 14.6. The van der Waals surface area contributed by atoms with Gasteiger partial charge in [-0.2, -0.15) is 18.8 Å². The lowest BCUT2D eigenvalue weighted by Gasteiger charge is -2.34. The molecule has 0 saturated carbocycles. The minimum Gasteiger partial charge on any atom is -0.285 e. The fourth-order valence-corrected chi connectivity index (χ4v) is 4.96. The van der Waals surface area contributed by atoms with Crippen LogP contribution in [0.15, 0.2) is 65.8 Å². The highest BCUT2D eigenvalue weighted by atomic mass is 32.2. The molecule has 0 radical (unpaired) electrons. The molecule has 2 heterocycles. The van der Waals surface area contributed by atoms with E-state index in [1.807, 2.05) is 6.07 Å². The Kier molecular flexibility index (Phi) is 4.56. The molecule has 29 heavy (non-hydrogen) atoms. The predicted molar refractivity (Wildman–Crippen MR) is 105 cm³/mol. The van der Waals surface area contributed by atoms with Crippen LogP contribution in [-0.4, -0.2) is 28.5 Å². The van der Waals surface area contributed by atoms with Crippen LogP contribution >= 0.6 is 0 Å². The van der Waals surface area contributed by atoms with Crippen LogP contribution in [0.2, 0.25) is 0 Å². The highest BCUT2D eigenvalue weighted by Gasteiger charge is 2.44. The van der Waals surface area contributed by atoms with Crippen molar-refractivity contribution >= 4 is 21.7 Å². The van der Waals surface area contributed by atoms with Gasteiger partial charge in [0, 0.05) is 7.05 Å². The van der Waals surface area contributed by atoms with E-state index >= 15 is 0 Å². The molecule has 4 rings (SSSR count). The Morgan fingerprint density at radius 2 is 1.76 bits per heavy atom. The van der Waals surface area contributed by atoms with E-state index in [1.54, 1.807) is 48.5 Å². The number of aromatic nitrogens is 2. The molecule has 2 aromatic carbocycles. The van der Waals surface area contributed by atoms with Gasteiger partial charge in [0.05, 0.1) is 30.9 Å². The Balaban J connectivity index is 1.78. The lowest BCUT2D eigenvalue weighted by Crippen LogP contribution is -2.50. The second kappa shape index (κ2) is 7.07. The summed E-state index contributed by atoms with van der Waals surface area (Å²) in [5.74, 6) is 0. The molecule has 0 saturated heterocycles. The Morgan fingerprint density at radius 3 is 2.48 bits per heavy atom. The van der Waals surface area contributed by atoms with Crippen LogP contribution in [0.4, 0.5) is 10.5 Å². The largest absolute Gasteiger partial charge is 0.339 e. The zero-order chi connectivity index (χ0) is 20.6. The molecule has 3 aromatic rings. The average Bonchev–Trinajstić information content (AvgIpc) is 3.12. The Hall–Kier alpha value is -3.64. The van der Waals surface area contributed by atoms with E-state index in [1.165, 1.54) is 22.8 Å². The second-order valence-corrected chi connectivity index (χ2v) is 8.41. The van der Waals surface area contributed by atoms with Gasteiger partial charge in [-0.25, -0.2) is 9.10 Å². The van der Waals surface area contributed by atoms with Crippen molar-refractivity contribution < 1.29 is 13.2 Å². The Morgan fingerprint density at radius 1 is 1.03 bits per heavy atom. The first-order chi connectivity index (χ1) is 13.9. The topological polar surface area (TPSA) is 99.3 Å². The third-order valence-corrected chi connectivity index (χ3v) is 6.53. The van der Waals surface area contributed by atoms with Crippen LogP contribution < -0.4 is 4.90 Å². The molecule has 0 N–H and O–H groups in total. The summed E-state index contributed by atoms with van der Waals surface area (Å²) in [7, 11) is -2.54. The number of nitrogens with zero attached hydrogens (tertiary/aromatic N) is 5. The van der Waals surface area contributed by atoms with Gasteiger partial charge in [-0.1, -0.05) is 42.5 Å². The molecule has 146 valence electrons. The quantitative estimate of drug-likeness (QED) is 0.662. The van der Waals surface area contributed by atoms with Crippen LogP contribution in [0.3, 0.4) is 0 Å².